The molecule has 0 aliphatic rings. The van der Waals surface area contributed by atoms with Gasteiger partial charge >= 0.3 is 0 Å². The number of carbonyl (C=O) groups excluding carboxylic acids is 1. The molecular formula is C21H24N4O. The van der Waals surface area contributed by atoms with Gasteiger partial charge in [0, 0.05) is 30.2 Å². The maximum atomic E-state index is 12.3. The molecular weight excluding hydrogens is 324 g/mol. The fourth-order valence-corrected chi connectivity index (χ4v) is 3.08. The average Bonchev–Trinajstić information content (AvgIpc) is 2.96. The molecule has 134 valence electrons. The topological polar surface area (TPSA) is 59.8 Å². The molecule has 2 heterocycles. The minimum atomic E-state index is -0.0968. The number of aryl methyl sites for hydroxylation is 1. The van der Waals surface area contributed by atoms with Gasteiger partial charge in [-0.25, -0.2) is 4.68 Å². The second-order valence-corrected chi connectivity index (χ2v) is 6.40. The van der Waals surface area contributed by atoms with Crippen molar-refractivity contribution < 1.29 is 4.79 Å². The van der Waals surface area contributed by atoms with Crippen LogP contribution in [0.2, 0.25) is 0 Å². The van der Waals surface area contributed by atoms with Crippen molar-refractivity contribution in [1.82, 2.24) is 20.1 Å². The summed E-state index contributed by atoms with van der Waals surface area (Å²) in [6.45, 7) is 6.79. The van der Waals surface area contributed by atoms with Gasteiger partial charge in [-0.3, -0.25) is 9.78 Å². The molecule has 0 aliphatic heterocycles. The fraction of sp³-hybridized carbons (Fsp3) is 0.286. The number of carbonyl (C=O) groups is 1. The Balaban J connectivity index is 1.72. The van der Waals surface area contributed by atoms with Crippen LogP contribution in [0.15, 0.2) is 48.8 Å². The van der Waals surface area contributed by atoms with Gasteiger partial charge in [-0.1, -0.05) is 19.4 Å². The molecule has 0 spiro atoms. The maximum Gasteiger partial charge on any atom is 0.251 e. The molecule has 0 fully saturated rings. The normalized spacial score (nSPS) is 10.7. The molecule has 5 nitrogen and oxygen atoms in total. The minimum Gasteiger partial charge on any atom is -0.348 e. The zero-order valence-corrected chi connectivity index (χ0v) is 15.5. The van der Waals surface area contributed by atoms with Crippen molar-refractivity contribution >= 4 is 5.91 Å². The third-order valence-corrected chi connectivity index (χ3v) is 4.49. The number of aromatic nitrogens is 3. The number of benzene rings is 1. The highest BCUT2D eigenvalue weighted by Crippen LogP contribution is 2.19. The quantitative estimate of drug-likeness (QED) is 0.738. The molecule has 3 aromatic rings. The van der Waals surface area contributed by atoms with Gasteiger partial charge in [0.05, 0.1) is 11.4 Å². The van der Waals surface area contributed by atoms with Gasteiger partial charge in [0.25, 0.3) is 5.91 Å². The van der Waals surface area contributed by atoms with E-state index in [1.54, 1.807) is 12.4 Å². The van der Waals surface area contributed by atoms with Crippen LogP contribution in [-0.2, 0) is 13.0 Å². The largest absolute Gasteiger partial charge is 0.348 e. The van der Waals surface area contributed by atoms with Gasteiger partial charge in [-0.2, -0.15) is 5.10 Å². The van der Waals surface area contributed by atoms with Crippen molar-refractivity contribution in [2.75, 3.05) is 0 Å². The van der Waals surface area contributed by atoms with Crippen LogP contribution < -0.4 is 5.32 Å². The van der Waals surface area contributed by atoms with Gasteiger partial charge in [-0.15, -0.1) is 0 Å². The van der Waals surface area contributed by atoms with E-state index in [1.165, 1.54) is 5.56 Å². The SMILES string of the molecule is CCCc1c(C)nn(-c2ccc(C(=O)NCc3cccnc3)cc2)c1C. The smallest absolute Gasteiger partial charge is 0.251 e. The zero-order valence-electron chi connectivity index (χ0n) is 15.5. The van der Waals surface area contributed by atoms with Crippen molar-refractivity contribution in [1.29, 1.82) is 0 Å². The lowest BCUT2D eigenvalue weighted by atomic mass is 10.1. The predicted molar refractivity (Wildman–Crippen MR) is 102 cm³/mol. The molecule has 0 atom stereocenters. The maximum absolute atomic E-state index is 12.3. The number of pyridine rings is 1. The first kappa shape index (κ1) is 17.9. The number of hydrogen-bond donors (Lipinski definition) is 1. The summed E-state index contributed by atoms with van der Waals surface area (Å²) in [7, 11) is 0. The minimum absolute atomic E-state index is 0.0968. The lowest BCUT2D eigenvalue weighted by Gasteiger charge is -2.08. The number of hydrogen-bond acceptors (Lipinski definition) is 3. The third-order valence-electron chi connectivity index (χ3n) is 4.49. The van der Waals surface area contributed by atoms with Crippen molar-refractivity contribution in [3.05, 3.63) is 76.9 Å². The van der Waals surface area contributed by atoms with Gasteiger partial charge in [0.15, 0.2) is 0 Å². The summed E-state index contributed by atoms with van der Waals surface area (Å²) >= 11 is 0. The van der Waals surface area contributed by atoms with E-state index in [9.17, 15) is 4.79 Å². The van der Waals surface area contributed by atoms with E-state index in [1.807, 2.05) is 41.1 Å². The van der Waals surface area contributed by atoms with E-state index in [4.69, 9.17) is 0 Å². The summed E-state index contributed by atoms with van der Waals surface area (Å²) in [5.74, 6) is -0.0968. The number of nitrogens with zero attached hydrogens (tertiary/aromatic N) is 3. The molecule has 0 unspecified atom stereocenters. The number of nitrogens with one attached hydrogen (secondary N) is 1. The predicted octanol–water partition coefficient (Wildman–Crippen LogP) is 3.77. The van der Waals surface area contributed by atoms with Crippen LogP contribution in [0, 0.1) is 13.8 Å². The summed E-state index contributed by atoms with van der Waals surface area (Å²) in [5, 5.41) is 7.57. The highest BCUT2D eigenvalue weighted by atomic mass is 16.1. The number of amides is 1. The van der Waals surface area contributed by atoms with Gasteiger partial charge in [0.2, 0.25) is 0 Å². The Morgan fingerprint density at radius 3 is 2.58 bits per heavy atom. The molecule has 3 rings (SSSR count). The Morgan fingerprint density at radius 2 is 1.92 bits per heavy atom. The van der Waals surface area contributed by atoms with E-state index in [0.717, 1.165) is 35.5 Å². The summed E-state index contributed by atoms with van der Waals surface area (Å²) in [4.78, 5) is 16.4. The van der Waals surface area contributed by atoms with Gasteiger partial charge < -0.3 is 5.32 Å². The Morgan fingerprint density at radius 1 is 1.15 bits per heavy atom. The van der Waals surface area contributed by atoms with Crippen molar-refractivity contribution in [3.63, 3.8) is 0 Å². The molecule has 0 saturated carbocycles. The van der Waals surface area contributed by atoms with Crippen LogP contribution in [0.25, 0.3) is 5.69 Å². The highest BCUT2D eigenvalue weighted by Gasteiger charge is 2.12. The first-order valence-electron chi connectivity index (χ1n) is 8.92. The first-order valence-corrected chi connectivity index (χ1v) is 8.92. The molecule has 0 radical (unpaired) electrons. The summed E-state index contributed by atoms with van der Waals surface area (Å²) in [6.07, 6.45) is 5.60. The Bertz CT molecular complexity index is 882. The van der Waals surface area contributed by atoms with Crippen LogP contribution in [0.4, 0.5) is 0 Å². The Labute approximate surface area is 154 Å². The molecule has 1 aromatic carbocycles. The number of rotatable bonds is 6. The van der Waals surface area contributed by atoms with E-state index in [-0.39, 0.29) is 5.91 Å². The summed E-state index contributed by atoms with van der Waals surface area (Å²) < 4.78 is 1.96. The molecule has 0 aliphatic carbocycles. The molecule has 0 bridgehead atoms. The molecule has 2 aromatic heterocycles. The molecule has 5 heteroatoms. The van der Waals surface area contributed by atoms with Crippen LogP contribution in [-0.4, -0.2) is 20.7 Å². The van der Waals surface area contributed by atoms with Gasteiger partial charge in [0.1, 0.15) is 0 Å². The van der Waals surface area contributed by atoms with Crippen LogP contribution in [0.3, 0.4) is 0 Å². The van der Waals surface area contributed by atoms with E-state index < -0.39 is 0 Å². The highest BCUT2D eigenvalue weighted by molar-refractivity contribution is 5.94. The summed E-state index contributed by atoms with van der Waals surface area (Å²) in [5.41, 5.74) is 6.12. The Hall–Kier alpha value is -2.95. The monoisotopic (exact) mass is 348 g/mol. The third kappa shape index (κ3) is 3.82. The lowest BCUT2D eigenvalue weighted by molar-refractivity contribution is 0.0951. The van der Waals surface area contributed by atoms with Crippen molar-refractivity contribution in [3.8, 4) is 5.69 Å². The lowest BCUT2D eigenvalue weighted by Crippen LogP contribution is -2.22. The van der Waals surface area contributed by atoms with E-state index in [0.29, 0.717) is 12.1 Å². The van der Waals surface area contributed by atoms with E-state index >= 15 is 0 Å². The Kier molecular flexibility index (Phi) is 5.46. The standard InChI is InChI=1S/C21H24N4O/c1-4-6-20-15(2)24-25(16(20)3)19-10-8-18(9-11-19)21(26)23-14-17-7-5-12-22-13-17/h5,7-13H,4,6,14H2,1-3H3,(H,23,26). The van der Waals surface area contributed by atoms with Crippen LogP contribution in [0.1, 0.15) is 46.2 Å². The van der Waals surface area contributed by atoms with E-state index in [2.05, 4.69) is 36.2 Å². The molecule has 0 saturated heterocycles. The first-order chi connectivity index (χ1) is 12.6. The zero-order chi connectivity index (χ0) is 18.5. The van der Waals surface area contributed by atoms with Crippen molar-refractivity contribution in [2.45, 2.75) is 40.2 Å². The molecule has 1 amide bonds. The van der Waals surface area contributed by atoms with Crippen LogP contribution >= 0.6 is 0 Å². The average molecular weight is 348 g/mol. The summed E-state index contributed by atoms with van der Waals surface area (Å²) in [6, 6.07) is 11.3. The second-order valence-electron chi connectivity index (χ2n) is 6.40. The molecule has 1 N–H and O–H groups in total. The second kappa shape index (κ2) is 7.95. The van der Waals surface area contributed by atoms with Crippen LogP contribution in [0.5, 0.6) is 0 Å². The fourth-order valence-electron chi connectivity index (χ4n) is 3.08. The van der Waals surface area contributed by atoms with Crippen molar-refractivity contribution in [2.24, 2.45) is 0 Å². The van der Waals surface area contributed by atoms with Gasteiger partial charge in [-0.05, 0) is 61.7 Å². The molecule has 26 heavy (non-hydrogen) atoms.